The second kappa shape index (κ2) is 8.31. The van der Waals surface area contributed by atoms with Crippen LogP contribution in [-0.4, -0.2) is 16.1 Å². The molecule has 0 aliphatic heterocycles. The number of aromatic nitrogens is 1. The number of carboxylic acid groups (broad SMARTS) is 1. The van der Waals surface area contributed by atoms with Crippen LogP contribution in [0.15, 0.2) is 72.8 Å². The number of carbonyl (C=O) groups is 1. The summed E-state index contributed by atoms with van der Waals surface area (Å²) in [5.74, 6) is -0.0651. The molecule has 0 atom stereocenters. The standard InChI is InChI=1S/C27H27NO3/c1-27(2,3)20-11-14-24-22(15-20)23(16-25(29)30)26(28-24)19-9-12-21(13-10-19)31-17-18-7-5-4-6-8-18/h4-15,28H,16-17H2,1-3H3,(H,29,30). The largest absolute Gasteiger partial charge is 0.489 e. The van der Waals surface area contributed by atoms with Gasteiger partial charge in [0.2, 0.25) is 0 Å². The maximum atomic E-state index is 11.6. The lowest BCUT2D eigenvalue weighted by Gasteiger charge is -2.19. The van der Waals surface area contributed by atoms with Gasteiger partial charge in [-0.05, 0) is 64.1 Å². The molecule has 31 heavy (non-hydrogen) atoms. The molecule has 158 valence electrons. The number of rotatable bonds is 6. The summed E-state index contributed by atoms with van der Waals surface area (Å²) in [6, 6.07) is 24.1. The Morgan fingerprint density at radius 2 is 1.68 bits per heavy atom. The van der Waals surface area contributed by atoms with E-state index in [-0.39, 0.29) is 11.8 Å². The summed E-state index contributed by atoms with van der Waals surface area (Å²) in [7, 11) is 0. The number of ether oxygens (including phenoxy) is 1. The summed E-state index contributed by atoms with van der Waals surface area (Å²) in [5.41, 5.74) is 5.83. The molecule has 0 aliphatic carbocycles. The van der Waals surface area contributed by atoms with Crippen molar-refractivity contribution in [3.05, 3.63) is 89.5 Å². The van der Waals surface area contributed by atoms with Gasteiger partial charge in [0, 0.05) is 10.9 Å². The first-order valence-corrected chi connectivity index (χ1v) is 10.5. The molecule has 4 nitrogen and oxygen atoms in total. The molecule has 0 aliphatic rings. The Balaban J connectivity index is 1.67. The molecule has 0 spiro atoms. The van der Waals surface area contributed by atoms with E-state index in [4.69, 9.17) is 4.74 Å². The molecular weight excluding hydrogens is 386 g/mol. The monoisotopic (exact) mass is 413 g/mol. The van der Waals surface area contributed by atoms with Gasteiger partial charge >= 0.3 is 5.97 Å². The summed E-state index contributed by atoms with van der Waals surface area (Å²) < 4.78 is 5.89. The highest BCUT2D eigenvalue weighted by Crippen LogP contribution is 2.34. The Hall–Kier alpha value is -3.53. The van der Waals surface area contributed by atoms with Crippen molar-refractivity contribution in [1.82, 2.24) is 4.98 Å². The van der Waals surface area contributed by atoms with E-state index in [0.29, 0.717) is 6.61 Å². The van der Waals surface area contributed by atoms with Crippen LogP contribution >= 0.6 is 0 Å². The van der Waals surface area contributed by atoms with Gasteiger partial charge in [0.15, 0.2) is 0 Å². The van der Waals surface area contributed by atoms with E-state index < -0.39 is 5.97 Å². The van der Waals surface area contributed by atoms with Crippen molar-refractivity contribution in [3.8, 4) is 17.0 Å². The van der Waals surface area contributed by atoms with Gasteiger partial charge in [0.05, 0.1) is 12.1 Å². The molecule has 1 heterocycles. The number of H-pyrrole nitrogens is 1. The summed E-state index contributed by atoms with van der Waals surface area (Å²) >= 11 is 0. The van der Waals surface area contributed by atoms with Gasteiger partial charge in [0.25, 0.3) is 0 Å². The minimum absolute atomic E-state index is 0.0101. The molecule has 0 unspecified atom stereocenters. The summed E-state index contributed by atoms with van der Waals surface area (Å²) in [6.45, 7) is 6.98. The highest BCUT2D eigenvalue weighted by Gasteiger charge is 2.19. The lowest BCUT2D eigenvalue weighted by molar-refractivity contribution is -0.136. The Morgan fingerprint density at radius 3 is 2.32 bits per heavy atom. The van der Waals surface area contributed by atoms with Crippen LogP contribution in [-0.2, 0) is 23.2 Å². The molecule has 3 aromatic carbocycles. The van der Waals surface area contributed by atoms with Gasteiger partial charge in [-0.3, -0.25) is 4.79 Å². The molecule has 4 aromatic rings. The van der Waals surface area contributed by atoms with E-state index >= 15 is 0 Å². The molecule has 4 heteroatoms. The lowest BCUT2D eigenvalue weighted by Crippen LogP contribution is -2.10. The third-order valence-corrected chi connectivity index (χ3v) is 5.49. The molecule has 0 radical (unpaired) electrons. The highest BCUT2D eigenvalue weighted by molar-refractivity contribution is 5.94. The van der Waals surface area contributed by atoms with Crippen molar-refractivity contribution in [2.45, 2.75) is 39.2 Å². The average Bonchev–Trinajstić information content (AvgIpc) is 3.10. The van der Waals surface area contributed by atoms with Crippen LogP contribution in [0.1, 0.15) is 37.5 Å². The molecule has 0 saturated carbocycles. The smallest absolute Gasteiger partial charge is 0.307 e. The molecule has 0 bridgehead atoms. The highest BCUT2D eigenvalue weighted by atomic mass is 16.5. The zero-order valence-electron chi connectivity index (χ0n) is 18.1. The topological polar surface area (TPSA) is 62.3 Å². The second-order valence-corrected chi connectivity index (χ2v) is 8.86. The van der Waals surface area contributed by atoms with Gasteiger partial charge in [-0.1, -0.05) is 57.2 Å². The zero-order valence-corrected chi connectivity index (χ0v) is 18.1. The van der Waals surface area contributed by atoms with E-state index in [1.54, 1.807) is 0 Å². The first-order chi connectivity index (χ1) is 14.8. The second-order valence-electron chi connectivity index (χ2n) is 8.86. The fourth-order valence-electron chi connectivity index (χ4n) is 3.75. The van der Waals surface area contributed by atoms with Crippen LogP contribution in [0.5, 0.6) is 5.75 Å². The van der Waals surface area contributed by atoms with Crippen molar-refractivity contribution >= 4 is 16.9 Å². The Labute approximate surface area is 182 Å². The number of aliphatic carboxylic acids is 1. The summed E-state index contributed by atoms with van der Waals surface area (Å²) in [6.07, 6.45) is -0.0326. The van der Waals surface area contributed by atoms with Crippen LogP contribution in [0.4, 0.5) is 0 Å². The number of hydrogen-bond donors (Lipinski definition) is 2. The first-order valence-electron chi connectivity index (χ1n) is 10.5. The first kappa shape index (κ1) is 20.7. The number of benzene rings is 3. The van der Waals surface area contributed by atoms with E-state index in [2.05, 4.69) is 37.9 Å². The third-order valence-electron chi connectivity index (χ3n) is 5.49. The fraction of sp³-hybridized carbons (Fsp3) is 0.222. The minimum Gasteiger partial charge on any atom is -0.489 e. The molecular formula is C27H27NO3. The molecule has 4 rings (SSSR count). The van der Waals surface area contributed by atoms with Gasteiger partial charge < -0.3 is 14.8 Å². The van der Waals surface area contributed by atoms with Gasteiger partial charge in [0.1, 0.15) is 12.4 Å². The number of nitrogens with one attached hydrogen (secondary N) is 1. The predicted molar refractivity (Wildman–Crippen MR) is 125 cm³/mol. The van der Waals surface area contributed by atoms with E-state index in [1.165, 1.54) is 5.56 Å². The van der Waals surface area contributed by atoms with Gasteiger partial charge in [-0.15, -0.1) is 0 Å². The maximum Gasteiger partial charge on any atom is 0.307 e. The van der Waals surface area contributed by atoms with Crippen molar-refractivity contribution < 1.29 is 14.6 Å². The van der Waals surface area contributed by atoms with Crippen molar-refractivity contribution in [3.63, 3.8) is 0 Å². The molecule has 2 N–H and O–H groups in total. The number of hydrogen-bond acceptors (Lipinski definition) is 2. The molecule has 0 saturated heterocycles. The van der Waals surface area contributed by atoms with Crippen LogP contribution in [0.2, 0.25) is 0 Å². The quantitative estimate of drug-likeness (QED) is 0.388. The Morgan fingerprint density at radius 1 is 0.968 bits per heavy atom. The van der Waals surface area contributed by atoms with Crippen molar-refractivity contribution in [2.75, 3.05) is 0 Å². The van der Waals surface area contributed by atoms with Gasteiger partial charge in [-0.25, -0.2) is 0 Å². The van der Waals surface area contributed by atoms with Crippen molar-refractivity contribution in [2.24, 2.45) is 0 Å². The Kier molecular flexibility index (Phi) is 5.55. The van der Waals surface area contributed by atoms with E-state index in [9.17, 15) is 9.90 Å². The molecule has 0 amide bonds. The fourth-order valence-corrected chi connectivity index (χ4v) is 3.75. The summed E-state index contributed by atoms with van der Waals surface area (Å²) in [4.78, 5) is 15.1. The predicted octanol–water partition coefficient (Wildman–Crippen LogP) is 6.34. The number of aromatic amines is 1. The molecule has 1 aromatic heterocycles. The van der Waals surface area contributed by atoms with Crippen LogP contribution in [0.3, 0.4) is 0 Å². The van der Waals surface area contributed by atoms with Crippen LogP contribution in [0.25, 0.3) is 22.2 Å². The number of carboxylic acids is 1. The lowest BCUT2D eigenvalue weighted by atomic mass is 9.86. The zero-order chi connectivity index (χ0) is 22.0. The number of fused-ring (bicyclic) bond motifs is 1. The van der Waals surface area contributed by atoms with Crippen LogP contribution in [0, 0.1) is 0 Å². The Bertz CT molecular complexity index is 1200. The van der Waals surface area contributed by atoms with Gasteiger partial charge in [-0.2, -0.15) is 0 Å². The average molecular weight is 414 g/mol. The molecule has 0 fully saturated rings. The summed E-state index contributed by atoms with van der Waals surface area (Å²) in [5, 5.41) is 10.5. The third kappa shape index (κ3) is 4.64. The van der Waals surface area contributed by atoms with Crippen LogP contribution < -0.4 is 4.74 Å². The van der Waals surface area contributed by atoms with E-state index in [0.717, 1.165) is 39.0 Å². The SMILES string of the molecule is CC(C)(C)c1ccc2[nH]c(-c3ccc(OCc4ccccc4)cc3)c(CC(=O)O)c2c1. The van der Waals surface area contributed by atoms with E-state index in [1.807, 2.05) is 60.7 Å². The van der Waals surface area contributed by atoms with Crippen molar-refractivity contribution in [1.29, 1.82) is 0 Å². The normalized spacial score (nSPS) is 11.6. The maximum absolute atomic E-state index is 11.6. The minimum atomic E-state index is -0.842.